The molecular weight excluding hydrogens is 322 g/mol. The van der Waals surface area contributed by atoms with Crippen LogP contribution in [0.1, 0.15) is 12.0 Å². The molecule has 0 unspecified atom stereocenters. The van der Waals surface area contributed by atoms with E-state index in [1.165, 1.54) is 17.3 Å². The van der Waals surface area contributed by atoms with Gasteiger partial charge < -0.3 is 10.6 Å². The first kappa shape index (κ1) is 15.0. The summed E-state index contributed by atoms with van der Waals surface area (Å²) in [7, 11) is 0. The van der Waals surface area contributed by atoms with Gasteiger partial charge in [-0.1, -0.05) is 30.0 Å². The Bertz CT molecular complexity index is 907. The highest BCUT2D eigenvalue weighted by atomic mass is 32.2. The van der Waals surface area contributed by atoms with Crippen molar-refractivity contribution in [3.05, 3.63) is 48.2 Å². The minimum absolute atomic E-state index is 0.0906. The van der Waals surface area contributed by atoms with E-state index in [1.807, 2.05) is 33.6 Å². The van der Waals surface area contributed by atoms with Crippen LogP contribution in [0, 0.1) is 0 Å². The van der Waals surface area contributed by atoms with Crippen molar-refractivity contribution < 1.29 is 4.79 Å². The lowest BCUT2D eigenvalue weighted by atomic mass is 10.0. The van der Waals surface area contributed by atoms with Gasteiger partial charge in [0.1, 0.15) is 0 Å². The molecule has 4 rings (SSSR count). The van der Waals surface area contributed by atoms with Crippen LogP contribution in [0.15, 0.2) is 47.8 Å². The van der Waals surface area contributed by atoms with Crippen LogP contribution >= 0.6 is 11.8 Å². The van der Waals surface area contributed by atoms with E-state index in [0.717, 1.165) is 30.7 Å². The third-order valence-electron chi connectivity index (χ3n) is 4.13. The summed E-state index contributed by atoms with van der Waals surface area (Å²) in [5.41, 5.74) is 9.45. The molecule has 3 heterocycles. The fourth-order valence-corrected chi connectivity index (χ4v) is 3.77. The van der Waals surface area contributed by atoms with Gasteiger partial charge in [0, 0.05) is 24.1 Å². The number of carbonyl (C=O) groups is 1. The Labute approximate surface area is 143 Å². The van der Waals surface area contributed by atoms with Gasteiger partial charge in [-0.25, -0.2) is 0 Å². The third kappa shape index (κ3) is 2.71. The molecule has 0 aliphatic carbocycles. The predicted molar refractivity (Wildman–Crippen MR) is 95.2 cm³/mol. The van der Waals surface area contributed by atoms with Crippen LogP contribution in [0.3, 0.4) is 0 Å². The number of aryl methyl sites for hydroxylation is 1. The molecule has 2 aromatic heterocycles. The Morgan fingerprint density at radius 2 is 2.08 bits per heavy atom. The molecule has 0 atom stereocenters. The lowest BCUT2D eigenvalue weighted by Gasteiger charge is -2.29. The van der Waals surface area contributed by atoms with Crippen molar-refractivity contribution in [3.8, 4) is 0 Å². The zero-order valence-electron chi connectivity index (χ0n) is 13.1. The third-order valence-corrected chi connectivity index (χ3v) is 5.06. The molecule has 6 nitrogen and oxygen atoms in total. The number of fused-ring (bicyclic) bond motifs is 2. The fourth-order valence-electron chi connectivity index (χ4n) is 2.98. The van der Waals surface area contributed by atoms with Crippen molar-refractivity contribution in [1.29, 1.82) is 0 Å². The molecule has 1 amide bonds. The van der Waals surface area contributed by atoms with Crippen LogP contribution in [0.2, 0.25) is 0 Å². The second kappa shape index (κ2) is 6.16. The van der Waals surface area contributed by atoms with Gasteiger partial charge in [0.05, 0.1) is 5.75 Å². The van der Waals surface area contributed by atoms with Gasteiger partial charge in [-0.05, 0) is 36.6 Å². The van der Waals surface area contributed by atoms with E-state index >= 15 is 0 Å². The van der Waals surface area contributed by atoms with Crippen LogP contribution in [0.4, 0.5) is 11.4 Å². The quantitative estimate of drug-likeness (QED) is 0.742. The summed E-state index contributed by atoms with van der Waals surface area (Å²) < 4.78 is 1.82. The standard InChI is InChI=1S/C17H17N5OS/c18-13-7-8-15-19-20-17(22(15)10-13)24-11-16(23)21-9-3-5-12-4-1-2-6-14(12)21/h1-2,4,6-8,10H,3,5,9,11,18H2. The number of hydrogen-bond donors (Lipinski definition) is 1. The van der Waals surface area contributed by atoms with Crippen molar-refractivity contribution >= 4 is 34.7 Å². The molecule has 1 aromatic carbocycles. The summed E-state index contributed by atoms with van der Waals surface area (Å²) in [5.74, 6) is 0.414. The van der Waals surface area contributed by atoms with E-state index < -0.39 is 0 Å². The fraction of sp³-hybridized carbons (Fsp3) is 0.235. The lowest BCUT2D eigenvalue weighted by molar-refractivity contribution is -0.116. The minimum Gasteiger partial charge on any atom is -0.398 e. The molecule has 0 spiro atoms. The van der Waals surface area contributed by atoms with Crippen LogP contribution < -0.4 is 10.6 Å². The lowest BCUT2D eigenvalue weighted by Crippen LogP contribution is -2.36. The van der Waals surface area contributed by atoms with Crippen molar-refractivity contribution in [2.75, 3.05) is 22.9 Å². The van der Waals surface area contributed by atoms with Gasteiger partial charge in [0.2, 0.25) is 5.91 Å². The van der Waals surface area contributed by atoms with Gasteiger partial charge in [0.25, 0.3) is 0 Å². The predicted octanol–water partition coefficient (Wildman–Crippen LogP) is 2.38. The molecule has 0 radical (unpaired) electrons. The van der Waals surface area contributed by atoms with Crippen molar-refractivity contribution in [2.45, 2.75) is 18.0 Å². The number of carbonyl (C=O) groups excluding carboxylic acids is 1. The van der Waals surface area contributed by atoms with Crippen molar-refractivity contribution in [3.63, 3.8) is 0 Å². The van der Waals surface area contributed by atoms with E-state index in [-0.39, 0.29) is 5.91 Å². The van der Waals surface area contributed by atoms with Gasteiger partial charge in [-0.15, -0.1) is 10.2 Å². The number of para-hydroxylation sites is 1. The van der Waals surface area contributed by atoms with Gasteiger partial charge in [-0.3, -0.25) is 9.20 Å². The monoisotopic (exact) mass is 339 g/mol. The molecule has 3 aromatic rings. The van der Waals surface area contributed by atoms with E-state index in [1.54, 1.807) is 12.3 Å². The van der Waals surface area contributed by atoms with E-state index in [0.29, 0.717) is 16.6 Å². The van der Waals surface area contributed by atoms with E-state index in [4.69, 9.17) is 5.73 Å². The van der Waals surface area contributed by atoms with Crippen molar-refractivity contribution in [1.82, 2.24) is 14.6 Å². The first-order chi connectivity index (χ1) is 11.7. The molecule has 0 saturated heterocycles. The molecule has 1 aliphatic rings. The van der Waals surface area contributed by atoms with Gasteiger partial charge in [0.15, 0.2) is 10.8 Å². The Balaban J connectivity index is 1.52. The highest BCUT2D eigenvalue weighted by molar-refractivity contribution is 7.99. The maximum absolute atomic E-state index is 12.7. The van der Waals surface area contributed by atoms with Crippen LogP contribution in [0.5, 0.6) is 0 Å². The highest BCUT2D eigenvalue weighted by Gasteiger charge is 2.22. The van der Waals surface area contributed by atoms with Gasteiger partial charge >= 0.3 is 0 Å². The molecule has 2 N–H and O–H groups in total. The number of anilines is 2. The summed E-state index contributed by atoms with van der Waals surface area (Å²) in [6.07, 6.45) is 3.80. The Morgan fingerprint density at radius 1 is 1.21 bits per heavy atom. The van der Waals surface area contributed by atoms with Crippen LogP contribution in [-0.4, -0.2) is 32.8 Å². The molecule has 7 heteroatoms. The smallest absolute Gasteiger partial charge is 0.237 e. The maximum atomic E-state index is 12.7. The second-order valence-corrected chi connectivity index (χ2v) is 6.68. The second-order valence-electron chi connectivity index (χ2n) is 5.74. The topological polar surface area (TPSA) is 76.5 Å². The summed E-state index contributed by atoms with van der Waals surface area (Å²) in [4.78, 5) is 14.6. The molecule has 0 fully saturated rings. The van der Waals surface area contributed by atoms with Crippen LogP contribution in [-0.2, 0) is 11.2 Å². The minimum atomic E-state index is 0.0906. The first-order valence-electron chi connectivity index (χ1n) is 7.84. The summed E-state index contributed by atoms with van der Waals surface area (Å²) in [5, 5.41) is 8.92. The average molecular weight is 339 g/mol. The number of amides is 1. The SMILES string of the molecule is Nc1ccc2nnc(SCC(=O)N3CCCc4ccccc43)n2c1. The number of nitrogens with zero attached hydrogens (tertiary/aromatic N) is 4. The maximum Gasteiger partial charge on any atom is 0.237 e. The summed E-state index contributed by atoms with van der Waals surface area (Å²) >= 11 is 1.38. The van der Waals surface area contributed by atoms with Crippen LogP contribution in [0.25, 0.3) is 5.65 Å². The molecule has 0 saturated carbocycles. The first-order valence-corrected chi connectivity index (χ1v) is 8.82. The Kier molecular flexibility index (Phi) is 3.86. The van der Waals surface area contributed by atoms with Crippen molar-refractivity contribution in [2.24, 2.45) is 0 Å². The zero-order chi connectivity index (χ0) is 16.5. The van der Waals surface area contributed by atoms with E-state index in [2.05, 4.69) is 16.3 Å². The number of nitrogen functional groups attached to an aromatic ring is 1. The zero-order valence-corrected chi connectivity index (χ0v) is 13.9. The summed E-state index contributed by atoms with van der Waals surface area (Å²) in [6.45, 7) is 0.768. The van der Waals surface area contributed by atoms with E-state index in [9.17, 15) is 4.79 Å². The number of nitrogens with two attached hydrogens (primary N) is 1. The largest absolute Gasteiger partial charge is 0.398 e. The Hall–Kier alpha value is -2.54. The molecule has 0 bridgehead atoms. The molecular formula is C17H17N5OS. The molecule has 1 aliphatic heterocycles. The molecule has 122 valence electrons. The Morgan fingerprint density at radius 3 is 3.00 bits per heavy atom. The number of hydrogen-bond acceptors (Lipinski definition) is 5. The number of thioether (sulfide) groups is 1. The number of benzene rings is 1. The highest BCUT2D eigenvalue weighted by Crippen LogP contribution is 2.28. The number of aromatic nitrogens is 3. The summed E-state index contributed by atoms with van der Waals surface area (Å²) in [6, 6.07) is 11.7. The normalized spacial score (nSPS) is 13.9. The van der Waals surface area contributed by atoms with Gasteiger partial charge in [-0.2, -0.15) is 0 Å². The number of pyridine rings is 1. The number of rotatable bonds is 3. The molecule has 24 heavy (non-hydrogen) atoms. The average Bonchev–Trinajstić information content (AvgIpc) is 3.01.